The topological polar surface area (TPSA) is 66.1 Å². The first-order chi connectivity index (χ1) is 13.6. The number of rotatable bonds is 5. The molecule has 2 heterocycles. The first kappa shape index (κ1) is 18.3. The number of methoxy groups -OCH3 is 1. The number of fused-ring (bicyclic) bond motifs is 1. The molecule has 0 saturated carbocycles. The quantitative estimate of drug-likeness (QED) is 0.370. The third-order valence-corrected chi connectivity index (χ3v) is 5.65. The van der Waals surface area contributed by atoms with Gasteiger partial charge < -0.3 is 4.74 Å². The molecular formula is C20H15N3O3S2. The molecule has 2 aromatic heterocycles. The largest absolute Gasteiger partial charge is 0.497 e. The Bertz CT molecular complexity index is 1270. The van der Waals surface area contributed by atoms with Crippen LogP contribution in [0.15, 0.2) is 65.7 Å². The third-order valence-electron chi connectivity index (χ3n) is 4.30. The second-order valence-corrected chi connectivity index (χ2v) is 7.67. The van der Waals surface area contributed by atoms with Crippen LogP contribution in [0.25, 0.3) is 16.0 Å². The van der Waals surface area contributed by atoms with E-state index in [1.165, 1.54) is 22.2 Å². The molecule has 28 heavy (non-hydrogen) atoms. The second kappa shape index (κ2) is 7.49. The maximum atomic E-state index is 12.9. The lowest BCUT2D eigenvalue weighted by Gasteiger charge is -2.07. The van der Waals surface area contributed by atoms with E-state index in [1.807, 2.05) is 30.3 Å². The summed E-state index contributed by atoms with van der Waals surface area (Å²) in [6, 6.07) is 16.3. The van der Waals surface area contributed by atoms with Crippen LogP contribution < -0.4 is 10.3 Å². The van der Waals surface area contributed by atoms with E-state index in [0.29, 0.717) is 25.6 Å². The van der Waals surface area contributed by atoms with E-state index < -0.39 is 0 Å². The summed E-state index contributed by atoms with van der Waals surface area (Å²) in [6.07, 6.45) is 1.40. The van der Waals surface area contributed by atoms with Gasteiger partial charge in [0.25, 0.3) is 5.56 Å². The van der Waals surface area contributed by atoms with Gasteiger partial charge in [-0.25, -0.2) is 4.98 Å². The number of ether oxygens (including phenoxy) is 1. The average Bonchev–Trinajstić information content (AvgIpc) is 3.07. The van der Waals surface area contributed by atoms with Crippen LogP contribution in [0.1, 0.15) is 10.4 Å². The minimum atomic E-state index is -0.280. The predicted octanol–water partition coefficient (Wildman–Crippen LogP) is 3.87. The number of carbonyl (C=O) groups is 1. The van der Waals surface area contributed by atoms with E-state index in [-0.39, 0.29) is 17.9 Å². The van der Waals surface area contributed by atoms with Crippen LogP contribution in [0.5, 0.6) is 5.75 Å². The summed E-state index contributed by atoms with van der Waals surface area (Å²) in [5, 5.41) is 0. The molecule has 0 saturated heterocycles. The van der Waals surface area contributed by atoms with Crippen LogP contribution in [0.3, 0.4) is 0 Å². The van der Waals surface area contributed by atoms with Crippen molar-refractivity contribution < 1.29 is 9.53 Å². The van der Waals surface area contributed by atoms with E-state index in [1.54, 1.807) is 35.9 Å². The highest BCUT2D eigenvalue weighted by atomic mass is 32.1. The molecule has 0 N–H and O–H groups in total. The number of hydrogen-bond donors (Lipinski definition) is 0. The van der Waals surface area contributed by atoms with Crippen molar-refractivity contribution >= 4 is 39.7 Å². The van der Waals surface area contributed by atoms with Crippen LogP contribution in [0.2, 0.25) is 0 Å². The van der Waals surface area contributed by atoms with Gasteiger partial charge in [0.15, 0.2) is 15.4 Å². The fourth-order valence-electron chi connectivity index (χ4n) is 2.87. The van der Waals surface area contributed by atoms with Crippen molar-refractivity contribution in [2.24, 2.45) is 0 Å². The van der Waals surface area contributed by atoms with E-state index in [9.17, 15) is 9.59 Å². The second-order valence-electron chi connectivity index (χ2n) is 6.02. The number of aromatic nitrogens is 3. The third kappa shape index (κ3) is 3.28. The van der Waals surface area contributed by atoms with E-state index >= 15 is 0 Å². The Morgan fingerprint density at radius 3 is 2.54 bits per heavy atom. The van der Waals surface area contributed by atoms with Gasteiger partial charge in [0, 0.05) is 11.3 Å². The molecule has 0 unspecified atom stereocenters. The maximum Gasteiger partial charge on any atom is 0.273 e. The van der Waals surface area contributed by atoms with Crippen molar-refractivity contribution in [3.63, 3.8) is 0 Å². The average molecular weight is 409 g/mol. The molecule has 2 aromatic carbocycles. The number of para-hydroxylation sites is 1. The molecule has 0 fully saturated rings. The van der Waals surface area contributed by atoms with Gasteiger partial charge in [-0.1, -0.05) is 29.5 Å². The van der Waals surface area contributed by atoms with Gasteiger partial charge >= 0.3 is 0 Å². The summed E-state index contributed by atoms with van der Waals surface area (Å²) in [7, 11) is 1.56. The number of carbonyl (C=O) groups excluding carboxylic acids is 1. The van der Waals surface area contributed by atoms with Crippen LogP contribution in [-0.4, -0.2) is 27.0 Å². The maximum absolute atomic E-state index is 12.9. The Morgan fingerprint density at radius 1 is 1.14 bits per heavy atom. The van der Waals surface area contributed by atoms with Gasteiger partial charge in [-0.3, -0.25) is 18.7 Å². The normalized spacial score (nSPS) is 10.9. The molecule has 0 amide bonds. The summed E-state index contributed by atoms with van der Waals surface area (Å²) in [5.74, 6) is 0.482. The Hall–Kier alpha value is -3.10. The predicted molar refractivity (Wildman–Crippen MR) is 111 cm³/mol. The SMILES string of the molecule is COc1ccc(C(=O)Cn2cnc3c(sc(=S)n3-c3ccccc3)c2=O)cc1. The summed E-state index contributed by atoms with van der Waals surface area (Å²) in [6.45, 7) is -0.0932. The van der Waals surface area contributed by atoms with Crippen molar-refractivity contribution in [3.05, 3.63) is 80.8 Å². The minimum Gasteiger partial charge on any atom is -0.497 e. The molecule has 0 radical (unpaired) electrons. The summed E-state index contributed by atoms with van der Waals surface area (Å²) >= 11 is 6.64. The van der Waals surface area contributed by atoms with Gasteiger partial charge in [0.05, 0.1) is 13.7 Å². The Morgan fingerprint density at radius 2 is 1.86 bits per heavy atom. The van der Waals surface area contributed by atoms with E-state index in [2.05, 4.69) is 4.98 Å². The Kier molecular flexibility index (Phi) is 4.89. The molecule has 4 rings (SSSR count). The summed E-state index contributed by atoms with van der Waals surface area (Å²) in [5.41, 5.74) is 1.57. The zero-order chi connectivity index (χ0) is 19.7. The van der Waals surface area contributed by atoms with Crippen molar-refractivity contribution in [1.29, 1.82) is 0 Å². The highest BCUT2D eigenvalue weighted by molar-refractivity contribution is 7.73. The van der Waals surface area contributed by atoms with E-state index in [0.717, 1.165) is 5.69 Å². The van der Waals surface area contributed by atoms with Crippen LogP contribution in [0.4, 0.5) is 0 Å². The molecule has 8 heteroatoms. The molecular weight excluding hydrogens is 394 g/mol. The zero-order valence-electron chi connectivity index (χ0n) is 14.9. The zero-order valence-corrected chi connectivity index (χ0v) is 16.5. The number of benzene rings is 2. The highest BCUT2D eigenvalue weighted by Crippen LogP contribution is 2.22. The lowest BCUT2D eigenvalue weighted by Crippen LogP contribution is -2.24. The first-order valence-electron chi connectivity index (χ1n) is 8.42. The van der Waals surface area contributed by atoms with Crippen molar-refractivity contribution in [2.75, 3.05) is 7.11 Å². The standard InChI is InChI=1S/C20H15N3O3S2/c1-26-15-9-7-13(8-10-15)16(24)11-22-12-21-18-17(19(22)25)28-20(27)23(18)14-5-3-2-4-6-14/h2-10,12H,11H2,1H3. The lowest BCUT2D eigenvalue weighted by molar-refractivity contribution is 0.0970. The highest BCUT2D eigenvalue weighted by Gasteiger charge is 2.15. The Labute approximate surface area is 169 Å². The first-order valence-corrected chi connectivity index (χ1v) is 9.64. The fourth-order valence-corrected chi connectivity index (χ4v) is 4.21. The van der Waals surface area contributed by atoms with Gasteiger partial charge in [-0.15, -0.1) is 0 Å². The Balaban J connectivity index is 1.71. The molecule has 6 nitrogen and oxygen atoms in total. The molecule has 0 atom stereocenters. The molecule has 0 aliphatic rings. The molecule has 4 aromatic rings. The fraction of sp³-hybridized carbons (Fsp3) is 0.100. The van der Waals surface area contributed by atoms with Crippen molar-refractivity contribution in [2.45, 2.75) is 6.54 Å². The van der Waals surface area contributed by atoms with Gasteiger partial charge in [0.2, 0.25) is 0 Å². The van der Waals surface area contributed by atoms with Crippen LogP contribution >= 0.6 is 23.6 Å². The van der Waals surface area contributed by atoms with Gasteiger partial charge in [0.1, 0.15) is 16.8 Å². The van der Waals surface area contributed by atoms with Gasteiger partial charge in [-0.05, 0) is 48.6 Å². The smallest absolute Gasteiger partial charge is 0.273 e. The monoisotopic (exact) mass is 409 g/mol. The number of ketones is 1. The minimum absolute atomic E-state index is 0.0932. The summed E-state index contributed by atoms with van der Waals surface area (Å²) < 4.78 is 9.14. The molecule has 0 spiro atoms. The van der Waals surface area contributed by atoms with E-state index in [4.69, 9.17) is 17.0 Å². The van der Waals surface area contributed by atoms with Crippen molar-refractivity contribution in [1.82, 2.24) is 14.1 Å². The number of hydrogen-bond acceptors (Lipinski definition) is 6. The lowest BCUT2D eigenvalue weighted by atomic mass is 10.1. The van der Waals surface area contributed by atoms with Gasteiger partial charge in [-0.2, -0.15) is 0 Å². The molecule has 0 aliphatic carbocycles. The van der Waals surface area contributed by atoms with Crippen molar-refractivity contribution in [3.8, 4) is 11.4 Å². The number of Topliss-reactive ketones (excluding diaryl/α,β-unsaturated/α-hetero) is 1. The van der Waals surface area contributed by atoms with Crippen LogP contribution in [0, 0.1) is 3.95 Å². The number of thiazole rings is 1. The molecule has 140 valence electrons. The summed E-state index contributed by atoms with van der Waals surface area (Å²) in [4.78, 5) is 29.8. The molecule has 0 bridgehead atoms. The van der Waals surface area contributed by atoms with Crippen LogP contribution in [-0.2, 0) is 6.54 Å². The molecule has 0 aliphatic heterocycles. The number of nitrogens with zero attached hydrogens (tertiary/aromatic N) is 3.